The fraction of sp³-hybridized carbons (Fsp3) is 0.500. The van der Waals surface area contributed by atoms with Crippen molar-refractivity contribution in [3.8, 4) is 0 Å². The van der Waals surface area contributed by atoms with Crippen LogP contribution in [0.1, 0.15) is 18.6 Å². The minimum atomic E-state index is -0.607. The molecule has 112 valence electrons. The Morgan fingerprint density at radius 3 is 2.76 bits per heavy atom. The molecule has 7 nitrogen and oxygen atoms in total. The molecule has 0 spiro atoms. The molecule has 1 aromatic heterocycles. The van der Waals surface area contributed by atoms with E-state index in [1.54, 1.807) is 0 Å². The van der Waals surface area contributed by atoms with E-state index in [-0.39, 0.29) is 17.8 Å². The lowest BCUT2D eigenvalue weighted by atomic mass is 9.84. The van der Waals surface area contributed by atoms with E-state index in [0.29, 0.717) is 11.7 Å². The first-order valence-electron chi connectivity index (χ1n) is 7.07. The van der Waals surface area contributed by atoms with Crippen LogP contribution in [0.5, 0.6) is 0 Å². The molecule has 2 bridgehead atoms. The van der Waals surface area contributed by atoms with E-state index in [1.807, 2.05) is 0 Å². The van der Waals surface area contributed by atoms with Gasteiger partial charge >= 0.3 is 5.88 Å². The van der Waals surface area contributed by atoms with Gasteiger partial charge < -0.3 is 14.6 Å². The van der Waals surface area contributed by atoms with E-state index in [0.717, 1.165) is 32.5 Å². The standard InChI is InChI=1S/C14H17N3O4/c18-13(3-1-11-2-4-14(21-11)17(19)20)15-12-9-16-7-5-10(12)6-8-16/h1-4,10,12H,5-9H2,(H,15,18)/t12-/m0/s1. The Balaban J connectivity index is 1.56. The van der Waals surface area contributed by atoms with Crippen molar-refractivity contribution in [2.24, 2.45) is 5.92 Å². The quantitative estimate of drug-likeness (QED) is 0.515. The maximum atomic E-state index is 11.9. The van der Waals surface area contributed by atoms with Gasteiger partial charge in [0.1, 0.15) is 10.7 Å². The van der Waals surface area contributed by atoms with Gasteiger partial charge in [-0.05, 0) is 44.0 Å². The Bertz CT molecular complexity index is 573. The molecule has 1 N–H and O–H groups in total. The van der Waals surface area contributed by atoms with Crippen molar-refractivity contribution in [2.75, 3.05) is 19.6 Å². The normalized spacial score (nSPS) is 27.9. The summed E-state index contributed by atoms with van der Waals surface area (Å²) in [7, 11) is 0. The van der Waals surface area contributed by atoms with Gasteiger partial charge in [-0.2, -0.15) is 0 Å². The summed E-state index contributed by atoms with van der Waals surface area (Å²) in [5.74, 6) is 0.350. The number of piperidine rings is 3. The molecule has 3 fully saturated rings. The molecule has 0 aromatic carbocycles. The molecule has 4 heterocycles. The van der Waals surface area contributed by atoms with E-state index in [4.69, 9.17) is 4.42 Å². The van der Waals surface area contributed by atoms with Gasteiger partial charge in [0, 0.05) is 18.7 Å². The summed E-state index contributed by atoms with van der Waals surface area (Å²) in [5.41, 5.74) is 0. The zero-order valence-electron chi connectivity index (χ0n) is 11.5. The van der Waals surface area contributed by atoms with E-state index < -0.39 is 4.92 Å². The molecule has 3 aliphatic rings. The lowest BCUT2D eigenvalue weighted by Crippen LogP contribution is -2.57. The van der Waals surface area contributed by atoms with Crippen molar-refractivity contribution in [1.29, 1.82) is 0 Å². The Morgan fingerprint density at radius 2 is 2.19 bits per heavy atom. The van der Waals surface area contributed by atoms with Gasteiger partial charge in [0.05, 0.1) is 6.07 Å². The minimum absolute atomic E-state index is 0.187. The Hall–Kier alpha value is -2.15. The predicted octanol–water partition coefficient (Wildman–Crippen LogP) is 1.41. The molecule has 0 unspecified atom stereocenters. The number of rotatable bonds is 4. The molecule has 3 saturated heterocycles. The Kier molecular flexibility index (Phi) is 3.74. The number of nitrogens with one attached hydrogen (secondary N) is 1. The highest BCUT2D eigenvalue weighted by Gasteiger charge is 2.34. The topological polar surface area (TPSA) is 88.6 Å². The molecule has 0 radical (unpaired) electrons. The Labute approximate surface area is 121 Å². The summed E-state index contributed by atoms with van der Waals surface area (Å²) in [6.07, 6.45) is 5.09. The third-order valence-corrected chi connectivity index (χ3v) is 4.18. The second kappa shape index (κ2) is 5.69. The summed E-state index contributed by atoms with van der Waals surface area (Å²) < 4.78 is 4.96. The lowest BCUT2D eigenvalue weighted by molar-refractivity contribution is -0.402. The third-order valence-electron chi connectivity index (χ3n) is 4.18. The van der Waals surface area contributed by atoms with Gasteiger partial charge in [0.2, 0.25) is 5.91 Å². The van der Waals surface area contributed by atoms with Crippen LogP contribution < -0.4 is 5.32 Å². The number of furan rings is 1. The molecular formula is C14H17N3O4. The van der Waals surface area contributed by atoms with Gasteiger partial charge in [-0.15, -0.1) is 0 Å². The van der Waals surface area contributed by atoms with E-state index in [1.165, 1.54) is 24.3 Å². The fourth-order valence-electron chi connectivity index (χ4n) is 3.05. The third kappa shape index (κ3) is 3.13. The van der Waals surface area contributed by atoms with Gasteiger partial charge in [0.15, 0.2) is 0 Å². The summed E-state index contributed by atoms with van der Waals surface area (Å²) >= 11 is 0. The summed E-state index contributed by atoms with van der Waals surface area (Å²) in [4.78, 5) is 24.2. The molecule has 4 rings (SSSR count). The number of carbonyl (C=O) groups is 1. The molecule has 3 aliphatic heterocycles. The van der Waals surface area contributed by atoms with Gasteiger partial charge in [-0.1, -0.05) is 0 Å². The van der Waals surface area contributed by atoms with Crippen molar-refractivity contribution in [3.63, 3.8) is 0 Å². The van der Waals surface area contributed by atoms with Gasteiger partial charge in [-0.25, -0.2) is 0 Å². The number of hydrogen-bond donors (Lipinski definition) is 1. The molecular weight excluding hydrogens is 274 g/mol. The van der Waals surface area contributed by atoms with Crippen LogP contribution in [0.25, 0.3) is 6.08 Å². The highest BCUT2D eigenvalue weighted by Crippen LogP contribution is 2.27. The van der Waals surface area contributed by atoms with Crippen molar-refractivity contribution < 1.29 is 14.1 Å². The first kappa shape index (κ1) is 13.8. The zero-order chi connectivity index (χ0) is 14.8. The number of hydrogen-bond acceptors (Lipinski definition) is 5. The number of fused-ring (bicyclic) bond motifs is 3. The molecule has 7 heteroatoms. The van der Waals surface area contributed by atoms with Crippen molar-refractivity contribution in [2.45, 2.75) is 18.9 Å². The van der Waals surface area contributed by atoms with Crippen LogP contribution in [-0.2, 0) is 4.79 Å². The molecule has 0 saturated carbocycles. The summed E-state index contributed by atoms with van der Waals surface area (Å²) in [6, 6.07) is 2.94. The maximum absolute atomic E-state index is 11.9. The second-order valence-electron chi connectivity index (χ2n) is 5.52. The average molecular weight is 291 g/mol. The van der Waals surface area contributed by atoms with Crippen LogP contribution in [0.2, 0.25) is 0 Å². The molecule has 1 atom stereocenters. The SMILES string of the molecule is O=C(C=Cc1ccc([N+](=O)[O-])o1)N[C@H]1CN2CCC1CC2. The number of carbonyl (C=O) groups excluding carboxylic acids is 1. The summed E-state index contributed by atoms with van der Waals surface area (Å²) in [5, 5.41) is 13.5. The van der Waals surface area contributed by atoms with Crippen LogP contribution in [0.3, 0.4) is 0 Å². The van der Waals surface area contributed by atoms with Crippen molar-refractivity contribution in [1.82, 2.24) is 10.2 Å². The summed E-state index contributed by atoms with van der Waals surface area (Å²) in [6.45, 7) is 3.17. The van der Waals surface area contributed by atoms with Crippen LogP contribution in [0.15, 0.2) is 22.6 Å². The molecule has 0 aliphatic carbocycles. The maximum Gasteiger partial charge on any atom is 0.433 e. The van der Waals surface area contributed by atoms with E-state index in [2.05, 4.69) is 10.2 Å². The highest BCUT2D eigenvalue weighted by atomic mass is 16.6. The number of nitro groups is 1. The predicted molar refractivity (Wildman–Crippen MR) is 75.5 cm³/mol. The first-order valence-corrected chi connectivity index (χ1v) is 7.07. The lowest BCUT2D eigenvalue weighted by Gasteiger charge is -2.44. The van der Waals surface area contributed by atoms with Gasteiger partial charge in [0.25, 0.3) is 0 Å². The zero-order valence-corrected chi connectivity index (χ0v) is 11.5. The van der Waals surface area contributed by atoms with E-state index in [9.17, 15) is 14.9 Å². The van der Waals surface area contributed by atoms with Crippen LogP contribution in [-0.4, -0.2) is 41.4 Å². The minimum Gasteiger partial charge on any atom is -0.401 e. The molecule has 1 aromatic rings. The fourth-order valence-corrected chi connectivity index (χ4v) is 3.05. The van der Waals surface area contributed by atoms with Crippen molar-refractivity contribution in [3.05, 3.63) is 34.1 Å². The van der Waals surface area contributed by atoms with Crippen LogP contribution >= 0.6 is 0 Å². The Morgan fingerprint density at radius 1 is 1.43 bits per heavy atom. The smallest absolute Gasteiger partial charge is 0.401 e. The largest absolute Gasteiger partial charge is 0.433 e. The first-order chi connectivity index (χ1) is 10.1. The average Bonchev–Trinajstić information content (AvgIpc) is 2.95. The van der Waals surface area contributed by atoms with Crippen molar-refractivity contribution >= 4 is 17.9 Å². The monoisotopic (exact) mass is 291 g/mol. The van der Waals surface area contributed by atoms with Crippen LogP contribution in [0, 0.1) is 16.0 Å². The van der Waals surface area contributed by atoms with Gasteiger partial charge in [-0.3, -0.25) is 14.9 Å². The number of amides is 1. The molecule has 21 heavy (non-hydrogen) atoms. The van der Waals surface area contributed by atoms with E-state index >= 15 is 0 Å². The molecule has 1 amide bonds. The van der Waals surface area contributed by atoms with Crippen LogP contribution in [0.4, 0.5) is 5.88 Å². The second-order valence-corrected chi connectivity index (χ2v) is 5.52. The highest BCUT2D eigenvalue weighted by molar-refractivity contribution is 5.91. The number of nitrogens with zero attached hydrogens (tertiary/aromatic N) is 2.